The molecule has 5 nitrogen and oxygen atoms in total. The highest BCUT2D eigenvalue weighted by atomic mass is 19.1. The van der Waals surface area contributed by atoms with Gasteiger partial charge in [0, 0.05) is 6.42 Å². The zero-order chi connectivity index (χ0) is 15.1. The monoisotopic (exact) mass is 282 g/mol. The maximum Gasteiger partial charge on any atom is 0.329 e. The highest BCUT2D eigenvalue weighted by Crippen LogP contribution is 2.40. The average Bonchev–Trinajstić information content (AvgIpc) is 2.33. The normalized spacial score (nSPS) is 23.9. The van der Waals surface area contributed by atoms with Crippen LogP contribution in [0.3, 0.4) is 0 Å². The van der Waals surface area contributed by atoms with E-state index in [1.807, 2.05) is 4.98 Å². The molecule has 0 aliphatic heterocycles. The van der Waals surface area contributed by atoms with Crippen molar-refractivity contribution in [2.45, 2.75) is 46.1 Å². The molecule has 1 aromatic heterocycles. The zero-order valence-electron chi connectivity index (χ0n) is 11.9. The summed E-state index contributed by atoms with van der Waals surface area (Å²) in [6, 6.07) is -0.688. The number of H-pyrrole nitrogens is 1. The quantitative estimate of drug-likeness (QED) is 0.851. The molecular weight excluding hydrogens is 263 g/mol. The van der Waals surface area contributed by atoms with Crippen molar-refractivity contribution < 1.29 is 9.18 Å². The van der Waals surface area contributed by atoms with Gasteiger partial charge in [-0.3, -0.25) is 19.1 Å². The second-order valence-electron chi connectivity index (χ2n) is 6.46. The zero-order valence-corrected chi connectivity index (χ0v) is 11.9. The van der Waals surface area contributed by atoms with Crippen LogP contribution in [0, 0.1) is 17.2 Å². The van der Waals surface area contributed by atoms with Crippen molar-refractivity contribution in [3.63, 3.8) is 0 Å². The van der Waals surface area contributed by atoms with Gasteiger partial charge < -0.3 is 0 Å². The fraction of sp³-hybridized carbons (Fsp3) is 0.643. The van der Waals surface area contributed by atoms with Crippen LogP contribution in [-0.2, 0) is 4.79 Å². The number of carbonyl (C=O) groups excluding carboxylic acids is 1. The molecule has 1 aliphatic carbocycles. The predicted molar refractivity (Wildman–Crippen MR) is 72.1 cm³/mol. The lowest BCUT2D eigenvalue weighted by Crippen LogP contribution is -2.40. The van der Waals surface area contributed by atoms with E-state index in [4.69, 9.17) is 0 Å². The van der Waals surface area contributed by atoms with Gasteiger partial charge in [0.2, 0.25) is 5.82 Å². The maximum atomic E-state index is 13.4. The third-order valence-corrected chi connectivity index (χ3v) is 4.10. The Morgan fingerprint density at radius 2 is 1.95 bits per heavy atom. The van der Waals surface area contributed by atoms with Crippen LogP contribution >= 0.6 is 0 Å². The summed E-state index contributed by atoms with van der Waals surface area (Å²) in [5.41, 5.74) is -1.77. The first-order valence-corrected chi connectivity index (χ1v) is 6.74. The summed E-state index contributed by atoms with van der Waals surface area (Å²) >= 11 is 0. The van der Waals surface area contributed by atoms with E-state index in [0.29, 0.717) is 12.8 Å². The Kier molecular flexibility index (Phi) is 3.67. The van der Waals surface area contributed by atoms with Gasteiger partial charge in [-0.15, -0.1) is 0 Å². The molecular formula is C14H19FN2O3. The van der Waals surface area contributed by atoms with Crippen LogP contribution < -0.4 is 11.2 Å². The van der Waals surface area contributed by atoms with Gasteiger partial charge in [-0.25, -0.2) is 4.79 Å². The SMILES string of the molecule is CC(C)(C)[C@H]1CCC(=O)[C@@H](n2cc(F)c(=O)[nH]c2=O)C1. The van der Waals surface area contributed by atoms with Crippen LogP contribution in [0.4, 0.5) is 4.39 Å². The van der Waals surface area contributed by atoms with Gasteiger partial charge in [0.15, 0.2) is 5.78 Å². The van der Waals surface area contributed by atoms with Gasteiger partial charge in [0.1, 0.15) is 0 Å². The standard InChI is InChI=1S/C14H19FN2O3/c1-14(2,3)8-4-5-11(18)10(6-8)17-7-9(15)12(19)16-13(17)20/h7-8,10H,4-6H2,1-3H3,(H,16,19,20)/t8-,10-/m0/s1. The van der Waals surface area contributed by atoms with Gasteiger partial charge in [-0.05, 0) is 24.2 Å². The first-order chi connectivity index (χ1) is 9.20. The second-order valence-corrected chi connectivity index (χ2v) is 6.46. The summed E-state index contributed by atoms with van der Waals surface area (Å²) in [7, 11) is 0. The highest BCUT2D eigenvalue weighted by Gasteiger charge is 2.36. The van der Waals surface area contributed by atoms with Crippen molar-refractivity contribution in [2.24, 2.45) is 11.3 Å². The number of rotatable bonds is 1. The Morgan fingerprint density at radius 1 is 1.30 bits per heavy atom. The smallest absolute Gasteiger partial charge is 0.297 e. The molecule has 1 aliphatic rings. The van der Waals surface area contributed by atoms with E-state index in [1.165, 1.54) is 0 Å². The Hall–Kier alpha value is -1.72. The van der Waals surface area contributed by atoms with E-state index in [0.717, 1.165) is 17.2 Å². The minimum absolute atomic E-state index is 0.0172. The topological polar surface area (TPSA) is 71.9 Å². The van der Waals surface area contributed by atoms with E-state index in [1.54, 1.807) is 0 Å². The lowest BCUT2D eigenvalue weighted by atomic mass is 9.70. The number of nitrogens with zero attached hydrogens (tertiary/aromatic N) is 1. The van der Waals surface area contributed by atoms with Crippen molar-refractivity contribution in [2.75, 3.05) is 0 Å². The van der Waals surface area contributed by atoms with Crippen molar-refractivity contribution in [1.82, 2.24) is 9.55 Å². The summed E-state index contributed by atoms with van der Waals surface area (Å²) in [6.07, 6.45) is 2.49. The van der Waals surface area contributed by atoms with Crippen molar-refractivity contribution in [3.8, 4) is 0 Å². The summed E-state index contributed by atoms with van der Waals surface area (Å²) in [5.74, 6) is -0.860. The number of hydrogen-bond acceptors (Lipinski definition) is 3. The molecule has 0 saturated heterocycles. The molecule has 1 saturated carbocycles. The molecule has 1 fully saturated rings. The summed E-state index contributed by atoms with van der Waals surface area (Å²) in [5, 5.41) is 0. The molecule has 20 heavy (non-hydrogen) atoms. The largest absolute Gasteiger partial charge is 0.329 e. The van der Waals surface area contributed by atoms with Crippen LogP contribution in [0.1, 0.15) is 46.1 Å². The molecule has 0 amide bonds. The van der Waals surface area contributed by atoms with Gasteiger partial charge in [0.25, 0.3) is 5.56 Å². The molecule has 6 heteroatoms. The van der Waals surface area contributed by atoms with Crippen LogP contribution in [-0.4, -0.2) is 15.3 Å². The van der Waals surface area contributed by atoms with Gasteiger partial charge in [-0.2, -0.15) is 4.39 Å². The van der Waals surface area contributed by atoms with E-state index >= 15 is 0 Å². The number of carbonyl (C=O) groups is 1. The van der Waals surface area contributed by atoms with Crippen molar-refractivity contribution in [1.29, 1.82) is 0 Å². The molecule has 1 N–H and O–H groups in total. The third kappa shape index (κ3) is 2.73. The molecule has 0 bridgehead atoms. The molecule has 1 aromatic rings. The van der Waals surface area contributed by atoms with Crippen molar-refractivity contribution in [3.05, 3.63) is 32.9 Å². The number of halogens is 1. The second kappa shape index (κ2) is 5.00. The van der Waals surface area contributed by atoms with Crippen LogP contribution in [0.2, 0.25) is 0 Å². The van der Waals surface area contributed by atoms with Crippen molar-refractivity contribution >= 4 is 5.78 Å². The van der Waals surface area contributed by atoms with E-state index < -0.39 is 23.1 Å². The first kappa shape index (κ1) is 14.7. The molecule has 2 rings (SSSR count). The highest BCUT2D eigenvalue weighted by molar-refractivity contribution is 5.83. The molecule has 1 heterocycles. The van der Waals surface area contributed by atoms with Gasteiger partial charge in [-0.1, -0.05) is 20.8 Å². The Balaban J connectivity index is 2.40. The molecule has 0 spiro atoms. The van der Waals surface area contributed by atoms with E-state index in [-0.39, 0.29) is 17.1 Å². The third-order valence-electron chi connectivity index (χ3n) is 4.10. The van der Waals surface area contributed by atoms with E-state index in [9.17, 15) is 18.8 Å². The fourth-order valence-corrected chi connectivity index (χ4v) is 2.75. The van der Waals surface area contributed by atoms with Gasteiger partial charge >= 0.3 is 5.69 Å². The number of nitrogens with one attached hydrogen (secondary N) is 1. The van der Waals surface area contributed by atoms with E-state index in [2.05, 4.69) is 20.8 Å². The predicted octanol–water partition coefficient (Wildman–Crippen LogP) is 1.63. The fourth-order valence-electron chi connectivity index (χ4n) is 2.75. The van der Waals surface area contributed by atoms with Gasteiger partial charge in [0.05, 0.1) is 12.2 Å². The number of aromatic amines is 1. The number of hydrogen-bond donors (Lipinski definition) is 1. The molecule has 2 atom stereocenters. The summed E-state index contributed by atoms with van der Waals surface area (Å²) < 4.78 is 14.4. The molecule has 110 valence electrons. The summed E-state index contributed by atoms with van der Waals surface area (Å²) in [4.78, 5) is 36.8. The average molecular weight is 282 g/mol. The number of ketones is 1. The Morgan fingerprint density at radius 3 is 2.55 bits per heavy atom. The minimum Gasteiger partial charge on any atom is -0.297 e. The van der Waals surface area contributed by atoms with Crippen LogP contribution in [0.25, 0.3) is 0 Å². The minimum atomic E-state index is -1.05. The lowest BCUT2D eigenvalue weighted by Gasteiger charge is -2.37. The Labute approximate surface area is 115 Å². The number of aromatic nitrogens is 2. The van der Waals surface area contributed by atoms with Crippen LogP contribution in [0.15, 0.2) is 15.8 Å². The first-order valence-electron chi connectivity index (χ1n) is 6.74. The summed E-state index contributed by atoms with van der Waals surface area (Å²) in [6.45, 7) is 6.25. The lowest BCUT2D eigenvalue weighted by molar-refractivity contribution is -0.125. The molecule has 0 unspecified atom stereocenters. The molecule has 0 radical (unpaired) electrons. The number of Topliss-reactive ketones (excluding diaryl/α,β-unsaturated/α-hetero) is 1. The molecule has 0 aromatic carbocycles. The van der Waals surface area contributed by atoms with Crippen LogP contribution in [0.5, 0.6) is 0 Å². The maximum absolute atomic E-state index is 13.4. The Bertz CT molecular complexity index is 639.